The van der Waals surface area contributed by atoms with Crippen molar-refractivity contribution in [3.63, 3.8) is 0 Å². The molecule has 0 N–H and O–H groups in total. The third-order valence-electron chi connectivity index (χ3n) is 2.75. The van der Waals surface area contributed by atoms with Gasteiger partial charge in [-0.05, 0) is 0 Å². The molecule has 0 aromatic rings. The van der Waals surface area contributed by atoms with Crippen LogP contribution in [-0.4, -0.2) is 41.6 Å². The molecular formula is C9H5F13O. The molecular weight excluding hydrogens is 371 g/mol. The van der Waals surface area contributed by atoms with Gasteiger partial charge in [0.15, 0.2) is 5.78 Å². The highest BCUT2D eigenvalue weighted by atomic mass is 19.4. The van der Waals surface area contributed by atoms with E-state index in [0.717, 1.165) is 0 Å². The van der Waals surface area contributed by atoms with E-state index in [-0.39, 0.29) is 6.92 Å². The molecule has 0 bridgehead atoms. The normalized spacial score (nSPS) is 17.8. The standard InChI is InChI=1S/C9H5F13O/c1-2-3(23)4(10,6(12,13)9(20,21)22)5(11,7(14,15)16)8(17,18)19/h2H2,1H3. The molecule has 23 heavy (non-hydrogen) atoms. The lowest BCUT2D eigenvalue weighted by molar-refractivity contribution is -0.418. The van der Waals surface area contributed by atoms with Gasteiger partial charge < -0.3 is 0 Å². The second-order valence-corrected chi connectivity index (χ2v) is 4.16. The lowest BCUT2D eigenvalue weighted by Crippen LogP contribution is -2.77. The molecule has 0 saturated heterocycles. The zero-order valence-electron chi connectivity index (χ0n) is 10.5. The van der Waals surface area contributed by atoms with Crippen molar-refractivity contribution in [3.05, 3.63) is 0 Å². The predicted octanol–water partition coefficient (Wildman–Crippen LogP) is 4.70. The molecule has 0 heterocycles. The zero-order valence-corrected chi connectivity index (χ0v) is 10.5. The second kappa shape index (κ2) is 5.40. The monoisotopic (exact) mass is 376 g/mol. The van der Waals surface area contributed by atoms with Crippen LogP contribution in [0, 0.1) is 0 Å². The average molecular weight is 376 g/mol. The minimum absolute atomic E-state index is 0.177. The number of carbonyl (C=O) groups excluding carboxylic acids is 1. The number of carbonyl (C=O) groups is 1. The molecule has 138 valence electrons. The van der Waals surface area contributed by atoms with Crippen molar-refractivity contribution < 1.29 is 61.9 Å². The van der Waals surface area contributed by atoms with E-state index >= 15 is 0 Å². The summed E-state index contributed by atoms with van der Waals surface area (Å²) < 4.78 is 164. The largest absolute Gasteiger partial charge is 0.457 e. The maximum atomic E-state index is 13.9. The molecule has 0 aliphatic carbocycles. The molecule has 0 rings (SSSR count). The number of halogens is 13. The lowest BCUT2D eigenvalue weighted by Gasteiger charge is -2.43. The maximum absolute atomic E-state index is 13.9. The molecule has 0 aliphatic heterocycles. The van der Waals surface area contributed by atoms with Crippen LogP contribution in [0.2, 0.25) is 0 Å². The molecule has 0 aromatic carbocycles. The Morgan fingerprint density at radius 3 is 1.13 bits per heavy atom. The van der Waals surface area contributed by atoms with Gasteiger partial charge in [0, 0.05) is 6.42 Å². The van der Waals surface area contributed by atoms with Crippen LogP contribution in [-0.2, 0) is 4.79 Å². The van der Waals surface area contributed by atoms with Crippen LogP contribution >= 0.6 is 0 Å². The first-order chi connectivity index (χ1) is 9.73. The first-order valence-electron chi connectivity index (χ1n) is 5.22. The summed E-state index contributed by atoms with van der Waals surface area (Å²) in [4.78, 5) is 10.9. The quantitative estimate of drug-likeness (QED) is 0.650. The van der Waals surface area contributed by atoms with Crippen molar-refractivity contribution >= 4 is 5.78 Å². The molecule has 0 spiro atoms. The Kier molecular flexibility index (Phi) is 5.10. The number of hydrogen-bond acceptors (Lipinski definition) is 1. The number of hydrogen-bond donors (Lipinski definition) is 0. The van der Waals surface area contributed by atoms with E-state index in [4.69, 9.17) is 0 Å². The summed E-state index contributed by atoms with van der Waals surface area (Å²) in [5, 5.41) is 0. The number of alkyl halides is 13. The third-order valence-corrected chi connectivity index (χ3v) is 2.75. The smallest absolute Gasteiger partial charge is 0.296 e. The Morgan fingerprint density at radius 1 is 0.652 bits per heavy atom. The van der Waals surface area contributed by atoms with Gasteiger partial charge in [-0.15, -0.1) is 0 Å². The summed E-state index contributed by atoms with van der Waals surface area (Å²) in [6.07, 6.45) is -24.7. The second-order valence-electron chi connectivity index (χ2n) is 4.16. The van der Waals surface area contributed by atoms with Crippen molar-refractivity contribution in [2.45, 2.75) is 49.1 Å². The van der Waals surface area contributed by atoms with Gasteiger partial charge >= 0.3 is 30.1 Å². The fourth-order valence-corrected chi connectivity index (χ4v) is 1.57. The Morgan fingerprint density at radius 2 is 0.957 bits per heavy atom. The molecule has 1 nitrogen and oxygen atoms in total. The first kappa shape index (κ1) is 21.8. The van der Waals surface area contributed by atoms with Crippen LogP contribution in [0.15, 0.2) is 0 Å². The maximum Gasteiger partial charge on any atom is 0.457 e. The first-order valence-corrected chi connectivity index (χ1v) is 5.22. The highest BCUT2D eigenvalue weighted by Gasteiger charge is 2.94. The van der Waals surface area contributed by atoms with Crippen LogP contribution < -0.4 is 0 Å². The minimum atomic E-state index is -7.79. The molecule has 14 heteroatoms. The van der Waals surface area contributed by atoms with Crippen LogP contribution in [0.4, 0.5) is 57.1 Å². The van der Waals surface area contributed by atoms with Gasteiger partial charge in [-0.25, -0.2) is 8.78 Å². The van der Waals surface area contributed by atoms with Crippen molar-refractivity contribution in [1.29, 1.82) is 0 Å². The molecule has 0 saturated carbocycles. The summed E-state index contributed by atoms with van der Waals surface area (Å²) in [7, 11) is 0. The van der Waals surface area contributed by atoms with E-state index in [1.54, 1.807) is 0 Å². The molecule has 1 unspecified atom stereocenters. The summed E-state index contributed by atoms with van der Waals surface area (Å²) in [6, 6.07) is 0. The van der Waals surface area contributed by atoms with Crippen molar-refractivity contribution in [3.8, 4) is 0 Å². The molecule has 0 fully saturated rings. The Labute approximate surface area is 118 Å². The molecule has 0 radical (unpaired) electrons. The van der Waals surface area contributed by atoms with Gasteiger partial charge in [0.05, 0.1) is 0 Å². The third kappa shape index (κ3) is 2.73. The number of Topliss-reactive ketones (excluding diaryl/α,β-unsaturated/α-hetero) is 1. The van der Waals surface area contributed by atoms with Gasteiger partial charge in [-0.2, -0.15) is 48.3 Å². The van der Waals surface area contributed by atoms with Crippen LogP contribution in [0.3, 0.4) is 0 Å². The number of rotatable bonds is 4. The SMILES string of the molecule is CCC(=O)C(F)(C(F)(F)C(F)(F)F)C(F)(C(F)(F)F)C(F)(F)F. The lowest BCUT2D eigenvalue weighted by atomic mass is 9.75. The van der Waals surface area contributed by atoms with E-state index in [1.807, 2.05) is 0 Å². The van der Waals surface area contributed by atoms with E-state index in [9.17, 15) is 61.9 Å². The highest BCUT2D eigenvalue weighted by molar-refractivity contribution is 5.90. The summed E-state index contributed by atoms with van der Waals surface area (Å²) in [5.41, 5.74) is -15.1. The van der Waals surface area contributed by atoms with Gasteiger partial charge in [0.2, 0.25) is 0 Å². The number of ketones is 1. The zero-order chi connectivity index (χ0) is 19.3. The van der Waals surface area contributed by atoms with Crippen molar-refractivity contribution in [2.24, 2.45) is 0 Å². The van der Waals surface area contributed by atoms with Gasteiger partial charge in [-0.1, -0.05) is 6.92 Å². The van der Waals surface area contributed by atoms with Gasteiger partial charge in [-0.3, -0.25) is 4.79 Å². The van der Waals surface area contributed by atoms with E-state index < -0.39 is 48.0 Å². The van der Waals surface area contributed by atoms with Gasteiger partial charge in [0.25, 0.3) is 5.67 Å². The van der Waals surface area contributed by atoms with E-state index in [0.29, 0.717) is 0 Å². The Bertz CT molecular complexity index is 442. The Hall–Kier alpha value is -1.24. The highest BCUT2D eigenvalue weighted by Crippen LogP contribution is 2.61. The van der Waals surface area contributed by atoms with Crippen molar-refractivity contribution in [2.75, 3.05) is 0 Å². The van der Waals surface area contributed by atoms with E-state index in [1.165, 1.54) is 0 Å². The molecule has 0 aliphatic rings. The minimum Gasteiger partial charge on any atom is -0.296 e. The fourth-order valence-electron chi connectivity index (χ4n) is 1.57. The Balaban J connectivity index is 7.03. The van der Waals surface area contributed by atoms with Crippen molar-refractivity contribution in [1.82, 2.24) is 0 Å². The van der Waals surface area contributed by atoms with Crippen LogP contribution in [0.5, 0.6) is 0 Å². The summed E-state index contributed by atoms with van der Waals surface area (Å²) in [6.45, 7) is 0.177. The molecule has 1 atom stereocenters. The summed E-state index contributed by atoms with van der Waals surface area (Å²) in [5.74, 6) is -11.2. The average Bonchev–Trinajstić information content (AvgIpc) is 2.31. The van der Waals surface area contributed by atoms with Gasteiger partial charge in [0.1, 0.15) is 0 Å². The molecule has 0 aromatic heterocycles. The van der Waals surface area contributed by atoms with E-state index in [2.05, 4.69) is 0 Å². The topological polar surface area (TPSA) is 17.1 Å². The molecule has 0 amide bonds. The summed E-state index contributed by atoms with van der Waals surface area (Å²) >= 11 is 0. The predicted molar refractivity (Wildman–Crippen MR) is 46.1 cm³/mol. The van der Waals surface area contributed by atoms with Crippen LogP contribution in [0.25, 0.3) is 0 Å². The fraction of sp³-hybridized carbons (Fsp3) is 0.889. The van der Waals surface area contributed by atoms with Crippen LogP contribution in [0.1, 0.15) is 13.3 Å².